The Balaban J connectivity index is 1.49. The van der Waals surface area contributed by atoms with Crippen LogP contribution in [-0.4, -0.2) is 58.6 Å². The van der Waals surface area contributed by atoms with Gasteiger partial charge < -0.3 is 15.2 Å². The number of piperidine rings is 1. The van der Waals surface area contributed by atoms with Crippen molar-refractivity contribution in [1.82, 2.24) is 25.6 Å². The van der Waals surface area contributed by atoms with Crippen LogP contribution in [0.5, 0.6) is 0 Å². The first kappa shape index (κ1) is 23.6. The summed E-state index contributed by atoms with van der Waals surface area (Å²) in [5, 5.41) is 7.32. The molecule has 2 aliphatic heterocycles. The molecule has 0 spiro atoms. The second-order valence-corrected chi connectivity index (χ2v) is 10.0. The van der Waals surface area contributed by atoms with E-state index < -0.39 is 23.5 Å². The summed E-state index contributed by atoms with van der Waals surface area (Å²) in [6.07, 6.45) is -3.05. The molecule has 4 aromatic rings. The summed E-state index contributed by atoms with van der Waals surface area (Å²) >= 11 is 1.45. The third-order valence-electron chi connectivity index (χ3n) is 7.23. The van der Waals surface area contributed by atoms with E-state index >= 15 is 0 Å². The second-order valence-electron chi connectivity index (χ2n) is 9.11. The minimum atomic E-state index is -4.39. The maximum absolute atomic E-state index is 13.8. The summed E-state index contributed by atoms with van der Waals surface area (Å²) in [6.45, 7) is 0.144. The molecular formula is C25H21F3N6O2S. The van der Waals surface area contributed by atoms with E-state index in [1.54, 1.807) is 35.4 Å². The van der Waals surface area contributed by atoms with Crippen molar-refractivity contribution in [3.63, 3.8) is 0 Å². The maximum Gasteiger partial charge on any atom is 0.406 e. The van der Waals surface area contributed by atoms with Gasteiger partial charge in [-0.1, -0.05) is 18.2 Å². The predicted octanol–water partition coefficient (Wildman–Crippen LogP) is 3.86. The first-order valence-electron chi connectivity index (χ1n) is 11.6. The first-order chi connectivity index (χ1) is 17.7. The number of hydrogen-bond donors (Lipinski definition) is 3. The molecular weight excluding hydrogens is 505 g/mol. The van der Waals surface area contributed by atoms with Crippen molar-refractivity contribution >= 4 is 61.4 Å². The van der Waals surface area contributed by atoms with Crippen LogP contribution in [0.15, 0.2) is 41.9 Å². The van der Waals surface area contributed by atoms with Gasteiger partial charge in [0.2, 0.25) is 5.95 Å². The van der Waals surface area contributed by atoms with Crippen molar-refractivity contribution < 1.29 is 22.8 Å². The number of anilines is 1. The van der Waals surface area contributed by atoms with Crippen molar-refractivity contribution in [2.45, 2.75) is 24.6 Å². The van der Waals surface area contributed by atoms with Gasteiger partial charge in [-0.05, 0) is 37.4 Å². The Morgan fingerprint density at radius 3 is 2.51 bits per heavy atom. The summed E-state index contributed by atoms with van der Waals surface area (Å²) in [5.41, 5.74) is 0.586. The number of carbonyl (C=O) groups excluding carboxylic acids is 2. The van der Waals surface area contributed by atoms with Crippen LogP contribution in [-0.2, 0) is 9.59 Å². The molecule has 2 aliphatic rings. The van der Waals surface area contributed by atoms with Crippen molar-refractivity contribution in [2.75, 3.05) is 25.0 Å². The van der Waals surface area contributed by atoms with Gasteiger partial charge in [0, 0.05) is 30.2 Å². The lowest BCUT2D eigenvalue weighted by Crippen LogP contribution is -2.61. The molecule has 1 fully saturated rings. The predicted molar refractivity (Wildman–Crippen MR) is 135 cm³/mol. The fourth-order valence-electron chi connectivity index (χ4n) is 5.13. The van der Waals surface area contributed by atoms with E-state index in [2.05, 4.69) is 20.6 Å². The number of halogens is 3. The average Bonchev–Trinajstić information content (AvgIpc) is 3.57. The number of hydrogen-bond acceptors (Lipinski definition) is 7. The Labute approximate surface area is 212 Å². The zero-order valence-electron chi connectivity index (χ0n) is 19.6. The lowest BCUT2D eigenvalue weighted by atomic mass is 9.87. The summed E-state index contributed by atoms with van der Waals surface area (Å²) in [4.78, 5) is 40.2. The van der Waals surface area contributed by atoms with Crippen LogP contribution in [0.3, 0.4) is 0 Å². The van der Waals surface area contributed by atoms with Crippen LogP contribution in [0, 0.1) is 0 Å². The zero-order chi connectivity index (χ0) is 25.9. The number of alkyl halides is 3. The van der Waals surface area contributed by atoms with Crippen LogP contribution in [0.2, 0.25) is 0 Å². The number of para-hydroxylation sites is 1. The quantitative estimate of drug-likeness (QED) is 0.349. The minimum Gasteiger partial charge on any atom is -0.360 e. The van der Waals surface area contributed by atoms with Crippen molar-refractivity contribution in [3.05, 3.63) is 53.2 Å². The summed E-state index contributed by atoms with van der Waals surface area (Å²) < 4.78 is 42.1. The summed E-state index contributed by atoms with van der Waals surface area (Å²) in [7, 11) is 1.32. The number of fused-ring (bicyclic) bond motifs is 2. The molecule has 0 unspecified atom stereocenters. The molecule has 1 aromatic carbocycles. The molecule has 3 N–H and O–H groups in total. The molecule has 0 atom stereocenters. The Bertz CT molecular complexity index is 1600. The normalized spacial score (nSPS) is 18.3. The van der Waals surface area contributed by atoms with Gasteiger partial charge in [-0.25, -0.2) is 9.97 Å². The average molecular weight is 527 g/mol. The number of thiophene rings is 1. The van der Waals surface area contributed by atoms with E-state index in [1.807, 2.05) is 11.4 Å². The molecule has 1 saturated heterocycles. The Hall–Kier alpha value is -3.77. The molecule has 6 rings (SSSR count). The molecule has 37 heavy (non-hydrogen) atoms. The molecule has 12 heteroatoms. The van der Waals surface area contributed by atoms with E-state index in [9.17, 15) is 22.8 Å². The second kappa shape index (κ2) is 8.38. The SMILES string of the molecule is CNC1(C(F)(F)F)CCN(c2nc(C3=C(c4c[nH]c5ccsc45)C(=O)NC3=O)c3ccccc3n2)CC1. The molecule has 8 nitrogen and oxygen atoms in total. The van der Waals surface area contributed by atoms with Gasteiger partial charge in [-0.2, -0.15) is 13.2 Å². The smallest absolute Gasteiger partial charge is 0.360 e. The van der Waals surface area contributed by atoms with Crippen LogP contribution in [0.25, 0.3) is 32.3 Å². The minimum absolute atomic E-state index is 0.0722. The number of rotatable bonds is 4. The monoisotopic (exact) mass is 526 g/mol. The number of amides is 2. The molecule has 0 radical (unpaired) electrons. The highest BCUT2D eigenvalue weighted by atomic mass is 32.1. The van der Waals surface area contributed by atoms with E-state index in [1.165, 1.54) is 18.4 Å². The highest BCUT2D eigenvalue weighted by Gasteiger charge is 2.55. The van der Waals surface area contributed by atoms with Gasteiger partial charge in [0.15, 0.2) is 0 Å². The van der Waals surface area contributed by atoms with Crippen LogP contribution in [0.4, 0.5) is 19.1 Å². The molecule has 0 saturated carbocycles. The molecule has 0 bridgehead atoms. The fourth-order valence-corrected chi connectivity index (χ4v) is 6.01. The van der Waals surface area contributed by atoms with E-state index in [4.69, 9.17) is 4.98 Å². The summed E-state index contributed by atoms with van der Waals surface area (Å²) in [6, 6.07) is 8.97. The number of imide groups is 1. The highest BCUT2D eigenvalue weighted by Crippen LogP contribution is 2.41. The van der Waals surface area contributed by atoms with Crippen LogP contribution < -0.4 is 15.5 Å². The molecule has 3 aromatic heterocycles. The molecule has 2 amide bonds. The topological polar surface area (TPSA) is 103 Å². The third-order valence-corrected chi connectivity index (χ3v) is 8.18. The van der Waals surface area contributed by atoms with Crippen LogP contribution in [0.1, 0.15) is 24.1 Å². The van der Waals surface area contributed by atoms with E-state index in [-0.39, 0.29) is 48.7 Å². The number of nitrogens with one attached hydrogen (secondary N) is 3. The van der Waals surface area contributed by atoms with Gasteiger partial charge in [-0.15, -0.1) is 11.3 Å². The zero-order valence-corrected chi connectivity index (χ0v) is 20.4. The number of H-pyrrole nitrogens is 1. The standard InChI is InChI=1S/C25H21F3N6O2S/c1-29-24(25(26,27)28)7-9-34(10-8-24)23-31-15-5-3-2-4-13(15)19(32-23)18-17(21(35)33-22(18)36)14-12-30-16-6-11-37-20(14)16/h2-6,11-12,29-30H,7-10H2,1H3,(H,33,35,36). The largest absolute Gasteiger partial charge is 0.406 e. The van der Waals surface area contributed by atoms with Crippen LogP contribution >= 0.6 is 11.3 Å². The van der Waals surface area contributed by atoms with Crippen molar-refractivity contribution in [1.29, 1.82) is 0 Å². The lowest BCUT2D eigenvalue weighted by molar-refractivity contribution is -0.200. The molecule has 0 aliphatic carbocycles. The lowest BCUT2D eigenvalue weighted by Gasteiger charge is -2.42. The molecule has 190 valence electrons. The number of carbonyl (C=O) groups is 2. The Kier molecular flexibility index (Phi) is 5.35. The van der Waals surface area contributed by atoms with Gasteiger partial charge in [0.25, 0.3) is 11.8 Å². The van der Waals surface area contributed by atoms with Crippen molar-refractivity contribution in [2.24, 2.45) is 0 Å². The highest BCUT2D eigenvalue weighted by molar-refractivity contribution is 7.17. The number of benzene rings is 1. The van der Waals surface area contributed by atoms with Gasteiger partial charge >= 0.3 is 6.18 Å². The summed E-state index contributed by atoms with van der Waals surface area (Å²) in [5.74, 6) is -0.888. The Morgan fingerprint density at radius 2 is 1.78 bits per heavy atom. The van der Waals surface area contributed by atoms with E-state index in [0.717, 1.165) is 10.2 Å². The Morgan fingerprint density at radius 1 is 1.05 bits per heavy atom. The number of nitrogens with zero attached hydrogens (tertiary/aromatic N) is 3. The van der Waals surface area contributed by atoms with Crippen molar-refractivity contribution in [3.8, 4) is 0 Å². The fraction of sp³-hybridized carbons (Fsp3) is 0.280. The van der Waals surface area contributed by atoms with Gasteiger partial charge in [-0.3, -0.25) is 14.9 Å². The molecule has 5 heterocycles. The van der Waals surface area contributed by atoms with Gasteiger partial charge in [0.1, 0.15) is 5.54 Å². The maximum atomic E-state index is 13.8. The van der Waals surface area contributed by atoms with E-state index in [0.29, 0.717) is 16.5 Å². The van der Waals surface area contributed by atoms with Gasteiger partial charge in [0.05, 0.1) is 32.6 Å². The number of aromatic nitrogens is 3. The third kappa shape index (κ3) is 3.62. The number of aromatic amines is 1. The first-order valence-corrected chi connectivity index (χ1v) is 12.5.